The first-order valence-electron chi connectivity index (χ1n) is 7.89. The highest BCUT2D eigenvalue weighted by molar-refractivity contribution is 5.83. The predicted octanol–water partition coefficient (Wildman–Crippen LogP) is 4.68. The van der Waals surface area contributed by atoms with Crippen molar-refractivity contribution in [2.45, 2.75) is 38.6 Å². The summed E-state index contributed by atoms with van der Waals surface area (Å²) in [6.07, 6.45) is 2.09. The minimum absolute atomic E-state index is 0.346. The van der Waals surface area contributed by atoms with Gasteiger partial charge >= 0.3 is 0 Å². The average Bonchev–Trinajstić information content (AvgIpc) is 2.77. The fourth-order valence-corrected chi connectivity index (χ4v) is 4.39. The number of nitrogens with zero attached hydrogens (tertiary/aromatic N) is 1. The van der Waals surface area contributed by atoms with Gasteiger partial charge in [-0.15, -0.1) is 0 Å². The Kier molecular flexibility index (Phi) is 2.78. The lowest BCUT2D eigenvalue weighted by Crippen LogP contribution is -2.21. The largest absolute Gasteiger partial charge is 0.289 e. The van der Waals surface area contributed by atoms with Gasteiger partial charge < -0.3 is 0 Å². The Morgan fingerprint density at radius 3 is 2.57 bits per heavy atom. The second-order valence-electron chi connectivity index (χ2n) is 6.64. The van der Waals surface area contributed by atoms with Crippen molar-refractivity contribution in [2.24, 2.45) is 10.9 Å². The maximum absolute atomic E-state index is 4.86. The third kappa shape index (κ3) is 1.80. The molecular formula is C20H21N. The van der Waals surface area contributed by atoms with Crippen molar-refractivity contribution in [2.75, 3.05) is 0 Å². The van der Waals surface area contributed by atoms with Gasteiger partial charge in [-0.25, -0.2) is 0 Å². The maximum Gasteiger partial charge on any atom is 0.0543 e. The molecule has 0 radical (unpaired) electrons. The molecule has 1 heteroatoms. The molecule has 0 saturated carbocycles. The molecule has 0 spiro atoms. The van der Waals surface area contributed by atoms with E-state index in [2.05, 4.69) is 69.5 Å². The molecule has 1 aliphatic heterocycles. The van der Waals surface area contributed by atoms with Crippen LogP contribution in [-0.2, 0) is 0 Å². The van der Waals surface area contributed by atoms with E-state index in [0.29, 0.717) is 23.8 Å². The Bertz CT molecular complexity index is 728. The van der Waals surface area contributed by atoms with Crippen LogP contribution in [0.2, 0.25) is 0 Å². The van der Waals surface area contributed by atoms with E-state index in [0.717, 1.165) is 0 Å². The quantitative estimate of drug-likeness (QED) is 0.662. The first-order chi connectivity index (χ1) is 10.2. The van der Waals surface area contributed by atoms with Crippen LogP contribution in [0.4, 0.5) is 0 Å². The molecule has 0 aromatic heterocycles. The van der Waals surface area contributed by atoms with Gasteiger partial charge in [-0.3, -0.25) is 4.99 Å². The summed E-state index contributed by atoms with van der Waals surface area (Å²) in [5, 5.41) is 0. The summed E-state index contributed by atoms with van der Waals surface area (Å²) in [7, 11) is 0. The summed E-state index contributed by atoms with van der Waals surface area (Å²) < 4.78 is 0. The van der Waals surface area contributed by atoms with Gasteiger partial charge in [0.1, 0.15) is 0 Å². The molecule has 0 saturated heterocycles. The summed E-state index contributed by atoms with van der Waals surface area (Å²) in [5.74, 6) is 1.65. The van der Waals surface area contributed by atoms with Crippen molar-refractivity contribution >= 4 is 6.21 Å². The molecule has 106 valence electrons. The summed E-state index contributed by atoms with van der Waals surface area (Å²) in [4.78, 5) is 4.86. The second kappa shape index (κ2) is 4.56. The highest BCUT2D eigenvalue weighted by Crippen LogP contribution is 2.52. The Morgan fingerprint density at radius 2 is 1.71 bits per heavy atom. The van der Waals surface area contributed by atoms with Crippen LogP contribution in [0.5, 0.6) is 0 Å². The van der Waals surface area contributed by atoms with E-state index in [4.69, 9.17) is 4.99 Å². The lowest BCUT2D eigenvalue weighted by molar-refractivity contribution is 0.409. The first kappa shape index (κ1) is 12.8. The van der Waals surface area contributed by atoms with Crippen LogP contribution in [0.15, 0.2) is 47.5 Å². The van der Waals surface area contributed by atoms with Crippen LogP contribution in [-0.4, -0.2) is 12.3 Å². The molecule has 4 atom stereocenters. The fraction of sp³-hybridized carbons (Fsp3) is 0.350. The van der Waals surface area contributed by atoms with E-state index < -0.39 is 0 Å². The Balaban J connectivity index is 2.02. The number of hydrogen-bond donors (Lipinski definition) is 0. The Labute approximate surface area is 126 Å². The van der Waals surface area contributed by atoms with Gasteiger partial charge in [0.2, 0.25) is 0 Å². The van der Waals surface area contributed by atoms with Crippen molar-refractivity contribution in [1.82, 2.24) is 0 Å². The number of fused-ring (bicyclic) bond motifs is 7. The van der Waals surface area contributed by atoms with Gasteiger partial charge in [-0.2, -0.15) is 0 Å². The van der Waals surface area contributed by atoms with Crippen molar-refractivity contribution in [3.05, 3.63) is 70.3 Å². The minimum atomic E-state index is 0.346. The minimum Gasteiger partial charge on any atom is -0.289 e. The van der Waals surface area contributed by atoms with Gasteiger partial charge in [-0.1, -0.05) is 55.0 Å². The molecule has 2 bridgehead atoms. The van der Waals surface area contributed by atoms with Crippen LogP contribution >= 0.6 is 0 Å². The van der Waals surface area contributed by atoms with Crippen molar-refractivity contribution in [1.29, 1.82) is 0 Å². The van der Waals surface area contributed by atoms with E-state index in [9.17, 15) is 0 Å². The SMILES string of the molecule is Cc1ccc2c(c1)C1C(C)N=Cc3ccccc3C2C1C. The number of aliphatic imine (C=N–C) groups is 1. The van der Waals surface area contributed by atoms with Gasteiger partial charge in [0.15, 0.2) is 0 Å². The lowest BCUT2D eigenvalue weighted by Gasteiger charge is -2.27. The Morgan fingerprint density at radius 1 is 0.905 bits per heavy atom. The molecule has 0 fully saturated rings. The third-order valence-corrected chi connectivity index (χ3v) is 5.33. The van der Waals surface area contributed by atoms with Gasteiger partial charge in [0.25, 0.3) is 0 Å². The molecule has 4 unspecified atom stereocenters. The molecule has 2 aliphatic rings. The summed E-state index contributed by atoms with van der Waals surface area (Å²) in [5.41, 5.74) is 7.12. The number of benzene rings is 2. The highest BCUT2D eigenvalue weighted by atomic mass is 14.8. The summed E-state index contributed by atoms with van der Waals surface area (Å²) in [6, 6.07) is 16.1. The zero-order chi connectivity index (χ0) is 14.6. The van der Waals surface area contributed by atoms with Crippen molar-refractivity contribution < 1.29 is 0 Å². The van der Waals surface area contributed by atoms with Crippen LogP contribution in [0, 0.1) is 12.8 Å². The molecular weight excluding hydrogens is 254 g/mol. The zero-order valence-corrected chi connectivity index (χ0v) is 12.9. The van der Waals surface area contributed by atoms with Gasteiger partial charge in [-0.05, 0) is 42.0 Å². The molecule has 2 aromatic rings. The zero-order valence-electron chi connectivity index (χ0n) is 12.9. The average molecular weight is 275 g/mol. The van der Waals surface area contributed by atoms with Gasteiger partial charge in [0, 0.05) is 18.1 Å². The van der Waals surface area contributed by atoms with Crippen molar-refractivity contribution in [3.63, 3.8) is 0 Å². The monoisotopic (exact) mass is 275 g/mol. The van der Waals surface area contributed by atoms with Crippen molar-refractivity contribution in [3.8, 4) is 0 Å². The molecule has 1 aliphatic carbocycles. The van der Waals surface area contributed by atoms with E-state index in [1.54, 1.807) is 0 Å². The summed E-state index contributed by atoms with van der Waals surface area (Å²) in [6.45, 7) is 6.86. The normalized spacial score (nSPS) is 29.5. The maximum atomic E-state index is 4.86. The van der Waals surface area contributed by atoms with Crippen LogP contribution in [0.3, 0.4) is 0 Å². The second-order valence-corrected chi connectivity index (χ2v) is 6.64. The van der Waals surface area contributed by atoms with Crippen LogP contribution < -0.4 is 0 Å². The molecule has 1 nitrogen and oxygen atoms in total. The van der Waals surface area contributed by atoms with E-state index in [1.165, 1.54) is 27.8 Å². The van der Waals surface area contributed by atoms with Gasteiger partial charge in [0.05, 0.1) is 6.04 Å². The fourth-order valence-electron chi connectivity index (χ4n) is 4.39. The smallest absolute Gasteiger partial charge is 0.0543 e. The van der Waals surface area contributed by atoms with Crippen LogP contribution in [0.25, 0.3) is 0 Å². The molecule has 0 N–H and O–H groups in total. The Hall–Kier alpha value is -1.89. The number of aryl methyl sites for hydroxylation is 1. The highest BCUT2D eigenvalue weighted by Gasteiger charge is 2.42. The molecule has 2 aromatic carbocycles. The van der Waals surface area contributed by atoms with E-state index in [-0.39, 0.29) is 0 Å². The first-order valence-corrected chi connectivity index (χ1v) is 7.89. The summed E-state index contributed by atoms with van der Waals surface area (Å²) >= 11 is 0. The van der Waals surface area contributed by atoms with Crippen LogP contribution in [0.1, 0.15) is 53.5 Å². The van der Waals surface area contributed by atoms with E-state index >= 15 is 0 Å². The number of rotatable bonds is 0. The number of hydrogen-bond acceptors (Lipinski definition) is 1. The molecule has 0 amide bonds. The predicted molar refractivity (Wildman–Crippen MR) is 88.4 cm³/mol. The standard InChI is InChI=1S/C20H21N/c1-12-8-9-17-18(10-12)19-13(2)20(17)16-7-5-4-6-15(16)11-21-14(19)3/h4-11,13-14,19-20H,1-3H3. The lowest BCUT2D eigenvalue weighted by atomic mass is 9.79. The molecule has 1 heterocycles. The third-order valence-electron chi connectivity index (χ3n) is 5.33. The topological polar surface area (TPSA) is 12.4 Å². The molecule has 4 rings (SSSR count). The molecule has 21 heavy (non-hydrogen) atoms. The van der Waals surface area contributed by atoms with E-state index in [1.807, 2.05) is 0 Å².